The third-order valence-corrected chi connectivity index (χ3v) is 2.33. The summed E-state index contributed by atoms with van der Waals surface area (Å²) in [6.07, 6.45) is 0.193. The van der Waals surface area contributed by atoms with E-state index in [2.05, 4.69) is 4.74 Å². The second-order valence-corrected chi connectivity index (χ2v) is 3.16. The second kappa shape index (κ2) is 3.43. The van der Waals surface area contributed by atoms with Crippen molar-refractivity contribution in [2.75, 3.05) is 26.3 Å². The van der Waals surface area contributed by atoms with Crippen molar-refractivity contribution in [3.8, 4) is 0 Å². The average Bonchev–Trinajstić information content (AvgIpc) is 2.47. The summed E-state index contributed by atoms with van der Waals surface area (Å²) in [5, 5.41) is 0. The van der Waals surface area contributed by atoms with Gasteiger partial charge in [-0.25, -0.2) is 4.79 Å². The van der Waals surface area contributed by atoms with Crippen LogP contribution in [-0.4, -0.2) is 49.2 Å². The molecule has 13 heavy (non-hydrogen) atoms. The SMILES string of the molecule is O=C1CC(N2CCOCC2)C(=O)O1. The van der Waals surface area contributed by atoms with Crippen molar-refractivity contribution in [3.05, 3.63) is 0 Å². The van der Waals surface area contributed by atoms with Crippen LogP contribution in [0, 0.1) is 0 Å². The minimum absolute atomic E-state index is 0.193. The zero-order valence-corrected chi connectivity index (χ0v) is 7.19. The summed E-state index contributed by atoms with van der Waals surface area (Å²) >= 11 is 0. The lowest BCUT2D eigenvalue weighted by Gasteiger charge is -2.29. The molecule has 1 unspecified atom stereocenters. The lowest BCUT2D eigenvalue weighted by Crippen LogP contribution is -2.45. The Labute approximate surface area is 75.6 Å². The standard InChI is InChI=1S/C8H11NO4/c10-7-5-6(8(11)13-7)9-1-3-12-4-2-9/h6H,1-5H2. The summed E-state index contributed by atoms with van der Waals surface area (Å²) in [4.78, 5) is 23.9. The lowest BCUT2D eigenvalue weighted by molar-refractivity contribution is -0.153. The fourth-order valence-electron chi connectivity index (χ4n) is 1.63. The number of carbonyl (C=O) groups excluding carboxylic acids is 2. The summed E-state index contributed by atoms with van der Waals surface area (Å²) < 4.78 is 9.61. The molecule has 0 N–H and O–H groups in total. The van der Waals surface area contributed by atoms with Gasteiger partial charge in [0.05, 0.1) is 19.6 Å². The summed E-state index contributed by atoms with van der Waals surface area (Å²) in [6, 6.07) is -0.364. The molecular weight excluding hydrogens is 174 g/mol. The highest BCUT2D eigenvalue weighted by atomic mass is 16.6. The van der Waals surface area contributed by atoms with Crippen LogP contribution < -0.4 is 0 Å². The lowest BCUT2D eigenvalue weighted by atomic mass is 10.2. The fraction of sp³-hybridized carbons (Fsp3) is 0.750. The molecule has 5 nitrogen and oxygen atoms in total. The van der Waals surface area contributed by atoms with Crippen molar-refractivity contribution >= 4 is 11.9 Å². The molecule has 0 aromatic heterocycles. The molecule has 0 aliphatic carbocycles. The predicted molar refractivity (Wildman–Crippen MR) is 41.9 cm³/mol. The number of carbonyl (C=O) groups is 2. The van der Waals surface area contributed by atoms with Crippen LogP contribution in [-0.2, 0) is 19.1 Å². The van der Waals surface area contributed by atoms with Gasteiger partial charge in [0.2, 0.25) is 0 Å². The Morgan fingerprint density at radius 2 is 1.92 bits per heavy atom. The van der Waals surface area contributed by atoms with E-state index in [4.69, 9.17) is 4.74 Å². The summed E-state index contributed by atoms with van der Waals surface area (Å²) in [5.41, 5.74) is 0. The van der Waals surface area contributed by atoms with Gasteiger partial charge >= 0.3 is 11.9 Å². The summed E-state index contributed by atoms with van der Waals surface area (Å²) in [5.74, 6) is -0.826. The number of hydrogen-bond acceptors (Lipinski definition) is 5. The van der Waals surface area contributed by atoms with E-state index in [1.807, 2.05) is 4.90 Å². The Hall–Kier alpha value is -0.940. The van der Waals surface area contributed by atoms with Crippen molar-refractivity contribution in [1.29, 1.82) is 0 Å². The second-order valence-electron chi connectivity index (χ2n) is 3.16. The minimum atomic E-state index is -0.415. The Kier molecular flexibility index (Phi) is 2.28. The van der Waals surface area contributed by atoms with Gasteiger partial charge in [-0.2, -0.15) is 0 Å². The Morgan fingerprint density at radius 1 is 1.23 bits per heavy atom. The quantitative estimate of drug-likeness (QED) is 0.394. The van der Waals surface area contributed by atoms with Gasteiger partial charge in [0.15, 0.2) is 0 Å². The highest BCUT2D eigenvalue weighted by Gasteiger charge is 2.38. The van der Waals surface area contributed by atoms with Crippen LogP contribution >= 0.6 is 0 Å². The fourth-order valence-corrected chi connectivity index (χ4v) is 1.63. The van der Waals surface area contributed by atoms with E-state index < -0.39 is 11.9 Å². The van der Waals surface area contributed by atoms with Gasteiger partial charge in [0.25, 0.3) is 0 Å². The maximum absolute atomic E-state index is 11.2. The molecule has 0 bridgehead atoms. The van der Waals surface area contributed by atoms with E-state index in [-0.39, 0.29) is 12.5 Å². The van der Waals surface area contributed by atoms with Crippen LogP contribution in [0.5, 0.6) is 0 Å². The molecule has 2 rings (SSSR count). The molecule has 0 aromatic carbocycles. The molecule has 0 radical (unpaired) electrons. The zero-order valence-electron chi connectivity index (χ0n) is 7.19. The van der Waals surface area contributed by atoms with Crippen LogP contribution in [0.3, 0.4) is 0 Å². The van der Waals surface area contributed by atoms with Gasteiger partial charge in [0, 0.05) is 13.1 Å². The Bertz CT molecular complexity index is 234. The molecule has 5 heteroatoms. The van der Waals surface area contributed by atoms with Crippen LogP contribution in [0.4, 0.5) is 0 Å². The van der Waals surface area contributed by atoms with Crippen molar-refractivity contribution in [2.45, 2.75) is 12.5 Å². The van der Waals surface area contributed by atoms with Gasteiger partial charge in [-0.3, -0.25) is 9.69 Å². The van der Waals surface area contributed by atoms with E-state index in [1.165, 1.54) is 0 Å². The highest BCUT2D eigenvalue weighted by molar-refractivity contribution is 5.96. The van der Waals surface area contributed by atoms with Crippen molar-refractivity contribution in [3.63, 3.8) is 0 Å². The van der Waals surface area contributed by atoms with Gasteiger partial charge in [0.1, 0.15) is 6.04 Å². The number of cyclic esters (lactones) is 2. The first-order valence-corrected chi connectivity index (χ1v) is 4.33. The monoisotopic (exact) mass is 185 g/mol. The maximum atomic E-state index is 11.2. The normalized spacial score (nSPS) is 30.6. The molecule has 2 fully saturated rings. The van der Waals surface area contributed by atoms with Gasteiger partial charge in [-0.15, -0.1) is 0 Å². The molecule has 2 heterocycles. The van der Waals surface area contributed by atoms with Crippen LogP contribution in [0.2, 0.25) is 0 Å². The zero-order chi connectivity index (χ0) is 9.26. The topological polar surface area (TPSA) is 55.8 Å². The molecule has 0 spiro atoms. The first-order valence-electron chi connectivity index (χ1n) is 4.33. The molecule has 72 valence electrons. The Balaban J connectivity index is 1.99. The number of nitrogens with zero attached hydrogens (tertiary/aromatic N) is 1. The predicted octanol–water partition coefficient (Wildman–Crippen LogP) is -0.839. The number of esters is 2. The van der Waals surface area contributed by atoms with Gasteiger partial charge in [-0.1, -0.05) is 0 Å². The molecule has 2 aliphatic rings. The molecule has 2 saturated heterocycles. The van der Waals surface area contributed by atoms with E-state index in [0.29, 0.717) is 26.3 Å². The highest BCUT2D eigenvalue weighted by Crippen LogP contribution is 2.16. The molecule has 2 aliphatic heterocycles. The van der Waals surface area contributed by atoms with Crippen LogP contribution in [0.25, 0.3) is 0 Å². The van der Waals surface area contributed by atoms with Crippen molar-refractivity contribution in [2.24, 2.45) is 0 Å². The smallest absolute Gasteiger partial charge is 0.331 e. The van der Waals surface area contributed by atoms with E-state index in [9.17, 15) is 9.59 Å². The van der Waals surface area contributed by atoms with Gasteiger partial charge < -0.3 is 9.47 Å². The maximum Gasteiger partial charge on any atom is 0.331 e. The number of ether oxygens (including phenoxy) is 2. The minimum Gasteiger partial charge on any atom is -0.392 e. The third-order valence-electron chi connectivity index (χ3n) is 2.33. The van der Waals surface area contributed by atoms with Crippen LogP contribution in [0.1, 0.15) is 6.42 Å². The third kappa shape index (κ3) is 1.71. The largest absolute Gasteiger partial charge is 0.392 e. The molecule has 0 aromatic rings. The van der Waals surface area contributed by atoms with E-state index in [0.717, 1.165) is 0 Å². The Morgan fingerprint density at radius 3 is 2.46 bits per heavy atom. The number of rotatable bonds is 1. The van der Waals surface area contributed by atoms with E-state index >= 15 is 0 Å². The van der Waals surface area contributed by atoms with E-state index in [1.54, 1.807) is 0 Å². The van der Waals surface area contributed by atoms with Gasteiger partial charge in [-0.05, 0) is 0 Å². The first kappa shape index (κ1) is 8.65. The number of hydrogen-bond donors (Lipinski definition) is 0. The van der Waals surface area contributed by atoms with Crippen molar-refractivity contribution in [1.82, 2.24) is 4.90 Å². The van der Waals surface area contributed by atoms with Crippen molar-refractivity contribution < 1.29 is 19.1 Å². The summed E-state index contributed by atoms with van der Waals surface area (Å²) in [6.45, 7) is 2.65. The van der Waals surface area contributed by atoms with Crippen LogP contribution in [0.15, 0.2) is 0 Å². The average molecular weight is 185 g/mol. The molecule has 1 atom stereocenters. The first-order chi connectivity index (χ1) is 6.27. The number of morpholine rings is 1. The molecular formula is C8H11NO4. The molecule has 0 saturated carbocycles. The molecule has 0 amide bonds. The summed E-state index contributed by atoms with van der Waals surface area (Å²) in [7, 11) is 0.